The molecule has 0 aromatic heterocycles. The van der Waals surface area contributed by atoms with E-state index >= 15 is 0 Å². The van der Waals surface area contributed by atoms with Gasteiger partial charge < -0.3 is 14.4 Å². The van der Waals surface area contributed by atoms with Gasteiger partial charge in [0.2, 0.25) is 0 Å². The molecule has 0 aromatic rings. The molecule has 314 valence electrons. The van der Waals surface area contributed by atoms with Gasteiger partial charge in [-0.25, -0.2) is 4.18 Å². The normalized spacial score (nSPS) is 14.2. The fraction of sp³-hybridized carbons (Fsp3) is 0.911. The van der Waals surface area contributed by atoms with Crippen molar-refractivity contribution in [1.82, 2.24) is 9.62 Å². The van der Waals surface area contributed by atoms with Crippen LogP contribution in [0.4, 0.5) is 0 Å². The van der Waals surface area contributed by atoms with Crippen LogP contribution in [0, 0.1) is 0 Å². The molecule has 1 fully saturated rings. The SMILES string of the molecule is CCCCCCCC/C=C\CCCCCCCCOCC(COCCCCCCCC/C=C\CCCCCCCC)OS(=O)(=O)NCCN1CCCC1. The van der Waals surface area contributed by atoms with Gasteiger partial charge >= 0.3 is 10.3 Å². The van der Waals surface area contributed by atoms with E-state index in [-0.39, 0.29) is 13.2 Å². The molecule has 0 saturated carbocycles. The fourth-order valence-corrected chi connectivity index (χ4v) is 7.86. The van der Waals surface area contributed by atoms with E-state index < -0.39 is 16.4 Å². The van der Waals surface area contributed by atoms with Gasteiger partial charge in [-0.15, -0.1) is 0 Å². The fourth-order valence-electron chi connectivity index (χ4n) is 6.98. The van der Waals surface area contributed by atoms with Crippen molar-refractivity contribution in [3.05, 3.63) is 24.3 Å². The number of nitrogens with zero attached hydrogens (tertiary/aromatic N) is 1. The van der Waals surface area contributed by atoms with Crippen molar-refractivity contribution >= 4 is 10.3 Å². The summed E-state index contributed by atoms with van der Waals surface area (Å²) in [6.07, 6.45) is 47.0. The Labute approximate surface area is 330 Å². The third-order valence-electron chi connectivity index (χ3n) is 10.4. The monoisotopic (exact) mass is 769 g/mol. The Morgan fingerprint density at radius 3 is 1.28 bits per heavy atom. The molecule has 0 amide bonds. The molecule has 1 N–H and O–H groups in total. The van der Waals surface area contributed by atoms with E-state index in [4.69, 9.17) is 13.7 Å². The van der Waals surface area contributed by atoms with Crippen LogP contribution in [-0.2, 0) is 24.0 Å². The number of unbranched alkanes of at least 4 members (excludes halogenated alkanes) is 24. The van der Waals surface area contributed by atoms with Crippen LogP contribution in [0.1, 0.15) is 206 Å². The van der Waals surface area contributed by atoms with Gasteiger partial charge in [0.1, 0.15) is 6.10 Å². The molecular weight excluding hydrogens is 681 g/mol. The first-order valence-corrected chi connectivity index (χ1v) is 24.3. The molecule has 0 aromatic carbocycles. The summed E-state index contributed by atoms with van der Waals surface area (Å²) in [5.74, 6) is 0. The number of ether oxygens (including phenoxy) is 2. The van der Waals surface area contributed by atoms with E-state index in [1.165, 1.54) is 167 Å². The highest BCUT2D eigenvalue weighted by Gasteiger charge is 2.21. The number of allylic oxidation sites excluding steroid dienone is 4. The molecule has 1 heterocycles. The van der Waals surface area contributed by atoms with Gasteiger partial charge in [0, 0.05) is 26.3 Å². The van der Waals surface area contributed by atoms with Crippen LogP contribution < -0.4 is 4.72 Å². The van der Waals surface area contributed by atoms with Crippen LogP contribution in [0.5, 0.6) is 0 Å². The lowest BCUT2D eigenvalue weighted by Gasteiger charge is -2.19. The molecule has 7 nitrogen and oxygen atoms in total. The van der Waals surface area contributed by atoms with E-state index in [2.05, 4.69) is 47.8 Å². The van der Waals surface area contributed by atoms with Crippen LogP contribution in [0.25, 0.3) is 0 Å². The quantitative estimate of drug-likeness (QED) is 0.0492. The van der Waals surface area contributed by atoms with Crippen molar-refractivity contribution in [3.63, 3.8) is 0 Å². The first-order valence-electron chi connectivity index (χ1n) is 22.9. The van der Waals surface area contributed by atoms with E-state index in [0.717, 1.165) is 38.8 Å². The summed E-state index contributed by atoms with van der Waals surface area (Å²) in [4.78, 5) is 2.29. The van der Waals surface area contributed by atoms with Gasteiger partial charge in [0.15, 0.2) is 0 Å². The smallest absolute Gasteiger partial charge is 0.336 e. The highest BCUT2D eigenvalue weighted by atomic mass is 32.2. The van der Waals surface area contributed by atoms with Gasteiger partial charge in [-0.05, 0) is 90.1 Å². The minimum absolute atomic E-state index is 0.228. The van der Waals surface area contributed by atoms with E-state index in [1.54, 1.807) is 0 Å². The molecule has 0 radical (unpaired) electrons. The van der Waals surface area contributed by atoms with E-state index in [0.29, 0.717) is 26.3 Å². The summed E-state index contributed by atoms with van der Waals surface area (Å²) in [5, 5.41) is 0. The summed E-state index contributed by atoms with van der Waals surface area (Å²) in [5.41, 5.74) is 0. The average molecular weight is 769 g/mol. The highest BCUT2D eigenvalue weighted by molar-refractivity contribution is 7.84. The molecule has 0 bridgehead atoms. The van der Waals surface area contributed by atoms with Crippen LogP contribution in [0.15, 0.2) is 24.3 Å². The molecule has 1 aliphatic heterocycles. The van der Waals surface area contributed by atoms with Crippen LogP contribution in [0.3, 0.4) is 0 Å². The maximum absolute atomic E-state index is 12.7. The molecular formula is C45H88N2O5S. The molecule has 1 aliphatic rings. The van der Waals surface area contributed by atoms with Crippen molar-refractivity contribution < 1.29 is 22.1 Å². The first kappa shape index (κ1) is 50.2. The van der Waals surface area contributed by atoms with Gasteiger partial charge in [-0.2, -0.15) is 13.1 Å². The van der Waals surface area contributed by atoms with E-state index in [1.807, 2.05) is 0 Å². The third kappa shape index (κ3) is 36.6. The first-order chi connectivity index (χ1) is 26.1. The van der Waals surface area contributed by atoms with Crippen molar-refractivity contribution in [3.8, 4) is 0 Å². The molecule has 0 aliphatic carbocycles. The summed E-state index contributed by atoms with van der Waals surface area (Å²) in [7, 11) is -3.87. The lowest BCUT2D eigenvalue weighted by atomic mass is 10.1. The maximum Gasteiger partial charge on any atom is 0.336 e. The number of nitrogens with one attached hydrogen (secondary N) is 1. The average Bonchev–Trinajstić information content (AvgIpc) is 3.67. The summed E-state index contributed by atoms with van der Waals surface area (Å²) in [6.45, 7) is 9.41. The third-order valence-corrected chi connectivity index (χ3v) is 11.5. The molecule has 8 heteroatoms. The van der Waals surface area contributed by atoms with Crippen molar-refractivity contribution in [2.45, 2.75) is 213 Å². The second-order valence-electron chi connectivity index (χ2n) is 15.6. The van der Waals surface area contributed by atoms with Crippen LogP contribution in [-0.4, -0.2) is 72.0 Å². The predicted molar refractivity (Wildman–Crippen MR) is 228 cm³/mol. The lowest BCUT2D eigenvalue weighted by molar-refractivity contribution is -0.00576. The zero-order valence-corrected chi connectivity index (χ0v) is 36.0. The second-order valence-corrected chi connectivity index (χ2v) is 17.0. The predicted octanol–water partition coefficient (Wildman–Crippen LogP) is 12.4. The maximum atomic E-state index is 12.7. The van der Waals surface area contributed by atoms with Crippen molar-refractivity contribution in [2.75, 3.05) is 52.6 Å². The minimum Gasteiger partial charge on any atom is -0.379 e. The molecule has 0 spiro atoms. The Morgan fingerprint density at radius 1 is 0.528 bits per heavy atom. The second kappa shape index (κ2) is 39.5. The van der Waals surface area contributed by atoms with E-state index in [9.17, 15) is 8.42 Å². The summed E-state index contributed by atoms with van der Waals surface area (Å²) < 4.78 is 45.5. The van der Waals surface area contributed by atoms with Gasteiger partial charge in [0.25, 0.3) is 0 Å². The lowest BCUT2D eigenvalue weighted by Crippen LogP contribution is -2.38. The number of hydrogen-bond acceptors (Lipinski definition) is 6. The zero-order valence-electron chi connectivity index (χ0n) is 35.2. The van der Waals surface area contributed by atoms with Gasteiger partial charge in [0.05, 0.1) is 13.2 Å². The zero-order chi connectivity index (χ0) is 38.2. The number of hydrogen-bond donors (Lipinski definition) is 1. The largest absolute Gasteiger partial charge is 0.379 e. The Morgan fingerprint density at radius 2 is 0.887 bits per heavy atom. The molecule has 1 rings (SSSR count). The van der Waals surface area contributed by atoms with Crippen molar-refractivity contribution in [2.24, 2.45) is 0 Å². The van der Waals surface area contributed by atoms with Gasteiger partial charge in [-0.3, -0.25) is 0 Å². The Hall–Kier alpha value is -0.770. The van der Waals surface area contributed by atoms with Crippen LogP contribution in [0.2, 0.25) is 0 Å². The minimum atomic E-state index is -3.87. The highest BCUT2D eigenvalue weighted by Crippen LogP contribution is 2.13. The molecule has 1 saturated heterocycles. The van der Waals surface area contributed by atoms with Gasteiger partial charge in [-0.1, -0.05) is 154 Å². The molecule has 53 heavy (non-hydrogen) atoms. The Kier molecular flexibility index (Phi) is 37.4. The van der Waals surface area contributed by atoms with Crippen molar-refractivity contribution in [1.29, 1.82) is 0 Å². The van der Waals surface area contributed by atoms with Crippen LogP contribution >= 0.6 is 0 Å². The standard InChI is InChI=1S/C45H88N2O5S/c1-3-5-7-9-11-13-15-17-19-21-23-25-27-29-31-35-41-50-43-45(52-53(48,49)46-37-40-47-38-33-34-39-47)44-51-42-36-32-30-28-26-24-22-20-18-16-14-12-10-8-6-4-2/h17-20,45-46H,3-16,21-44H2,1-2H3/b19-17-,20-18-. The molecule has 0 atom stereocenters. The molecule has 0 unspecified atom stereocenters. The summed E-state index contributed by atoms with van der Waals surface area (Å²) >= 11 is 0. The summed E-state index contributed by atoms with van der Waals surface area (Å²) in [6, 6.07) is 0. The Bertz CT molecular complexity index is 861. The number of likely N-dealkylation sites (tertiary alicyclic amines) is 1. The number of rotatable bonds is 42. The Balaban J connectivity index is 2.14. The topological polar surface area (TPSA) is 77.1 Å².